The Morgan fingerprint density at radius 3 is 0.543 bits per heavy atom. The van der Waals surface area contributed by atoms with Gasteiger partial charge in [-0.2, -0.15) is 110 Å². The van der Waals surface area contributed by atoms with Gasteiger partial charge in [0.05, 0.1) is 139 Å². The Morgan fingerprint density at radius 2 is 0.357 bits per heavy atom. The zero-order valence-corrected chi connectivity index (χ0v) is 35.5. The van der Waals surface area contributed by atoms with E-state index >= 15 is 0 Å². The molecule has 36 heteroatoms. The summed E-state index contributed by atoms with van der Waals surface area (Å²) in [6.45, 7) is -0.482. The summed E-state index contributed by atoms with van der Waals surface area (Å²) in [6.07, 6.45) is -11.2. The van der Waals surface area contributed by atoms with Gasteiger partial charge in [0, 0.05) is 6.42 Å². The number of alkyl halides is 25. The predicted molar refractivity (Wildman–Crippen MR) is 180 cm³/mol. The second kappa shape index (κ2) is 27.9. The van der Waals surface area contributed by atoms with E-state index in [2.05, 4.69) is 4.74 Å². The van der Waals surface area contributed by atoms with Crippen molar-refractivity contribution in [3.63, 3.8) is 0 Å². The summed E-state index contributed by atoms with van der Waals surface area (Å²) in [7, 11) is 0. The van der Waals surface area contributed by atoms with E-state index in [0.29, 0.717) is 46.2 Å². The average molecular weight is 1100 g/mol. The van der Waals surface area contributed by atoms with E-state index in [4.69, 9.17) is 47.7 Å². The van der Waals surface area contributed by atoms with Crippen molar-refractivity contribution in [2.24, 2.45) is 0 Å². The molecule has 0 fully saturated rings. The summed E-state index contributed by atoms with van der Waals surface area (Å²) in [4.78, 5) is 0. The van der Waals surface area contributed by atoms with E-state index in [1.807, 2.05) is 0 Å². The molecule has 0 rings (SSSR count). The number of hydrogen-bond donors (Lipinski definition) is 1. The van der Waals surface area contributed by atoms with Gasteiger partial charge in [0.2, 0.25) is 0 Å². The lowest BCUT2D eigenvalue weighted by molar-refractivity contribution is -0.482. The van der Waals surface area contributed by atoms with Gasteiger partial charge in [-0.3, -0.25) is 0 Å². The number of hydrogen-bond acceptors (Lipinski definition) is 11. The van der Waals surface area contributed by atoms with Gasteiger partial charge in [0.25, 0.3) is 0 Å². The largest absolute Gasteiger partial charge is 0.460 e. The van der Waals surface area contributed by atoms with E-state index < -0.39 is 97.6 Å². The number of rotatable bonds is 42. The van der Waals surface area contributed by atoms with E-state index in [-0.39, 0.29) is 72.7 Å². The smallest absolute Gasteiger partial charge is 0.394 e. The maximum Gasteiger partial charge on any atom is 0.460 e. The highest BCUT2D eigenvalue weighted by molar-refractivity contribution is 5.19. The van der Waals surface area contributed by atoms with Crippen molar-refractivity contribution in [1.82, 2.24) is 0 Å². The van der Waals surface area contributed by atoms with Crippen LogP contribution < -0.4 is 0 Å². The highest BCUT2D eigenvalue weighted by Crippen LogP contribution is 2.68. The van der Waals surface area contributed by atoms with Crippen molar-refractivity contribution in [2.75, 3.05) is 139 Å². The molecular weight excluding hydrogens is 1060 g/mol. The molecule has 0 aromatic rings. The minimum atomic E-state index is -9.63. The molecule has 0 radical (unpaired) electrons. The second-order valence-corrected chi connectivity index (χ2v) is 13.5. The lowest BCUT2D eigenvalue weighted by Gasteiger charge is -2.45. The van der Waals surface area contributed by atoms with Crippen molar-refractivity contribution >= 4 is 0 Å². The summed E-state index contributed by atoms with van der Waals surface area (Å²) in [5, 5.41) is 8.55. The number of ether oxygens (including phenoxy) is 10. The van der Waals surface area contributed by atoms with Gasteiger partial charge < -0.3 is 52.5 Å². The van der Waals surface area contributed by atoms with Gasteiger partial charge in [0.1, 0.15) is 0 Å². The molecule has 0 saturated carbocycles. The van der Waals surface area contributed by atoms with Crippen molar-refractivity contribution < 1.29 is 162 Å². The summed E-state index contributed by atoms with van der Waals surface area (Å²) in [6, 6.07) is 0. The van der Waals surface area contributed by atoms with Crippen LogP contribution in [0.15, 0.2) is 0 Å². The molecule has 0 aromatic heterocycles. The molecule has 11 nitrogen and oxygen atoms in total. The van der Waals surface area contributed by atoms with Crippen molar-refractivity contribution in [2.45, 2.75) is 77.7 Å². The zero-order valence-electron chi connectivity index (χ0n) is 35.5. The molecule has 0 saturated heterocycles. The number of aliphatic hydroxyl groups excluding tert-OH is 1. The summed E-state index contributed by atoms with van der Waals surface area (Å²) < 4.78 is 391. The summed E-state index contributed by atoms with van der Waals surface area (Å²) >= 11 is 0. The average Bonchev–Trinajstić information content (AvgIpc) is 3.24. The van der Waals surface area contributed by atoms with Gasteiger partial charge in [-0.15, -0.1) is 0 Å². The lowest BCUT2D eigenvalue weighted by atomic mass is 9.84. The van der Waals surface area contributed by atoms with Gasteiger partial charge in [-0.1, -0.05) is 0 Å². The van der Waals surface area contributed by atoms with Crippen LogP contribution in [0.2, 0.25) is 0 Å². The molecule has 0 heterocycles. The van der Waals surface area contributed by atoms with Crippen LogP contribution in [0.5, 0.6) is 0 Å². The fourth-order valence-electron chi connectivity index (χ4n) is 4.49. The van der Waals surface area contributed by atoms with Gasteiger partial charge in [-0.05, 0) is 0 Å². The Kier molecular flexibility index (Phi) is 27.0. The lowest BCUT2D eigenvalue weighted by Crippen LogP contribution is -2.78. The fraction of sp³-hybridized carbons (Fsp3) is 1.00. The third-order valence-corrected chi connectivity index (χ3v) is 8.51. The molecular formula is C34H45F25O11. The topological polar surface area (TPSA) is 113 Å². The summed E-state index contributed by atoms with van der Waals surface area (Å²) in [5.41, 5.74) is 0. The molecule has 0 spiro atoms. The third kappa shape index (κ3) is 16.2. The van der Waals surface area contributed by atoms with Crippen molar-refractivity contribution in [3.8, 4) is 0 Å². The Bertz CT molecular complexity index is 1440. The van der Waals surface area contributed by atoms with Gasteiger partial charge in [-0.25, -0.2) is 0 Å². The van der Waals surface area contributed by atoms with Crippen molar-refractivity contribution in [3.05, 3.63) is 0 Å². The Morgan fingerprint density at radius 1 is 0.200 bits per heavy atom. The number of halogens is 25. The zero-order chi connectivity index (χ0) is 54.6. The SMILES string of the molecule is OCCOCCOCCOCCOCCOCCOCCOCCOCCOCCOCCC(F)(F)C(F)(F)C(F)(F)C(F)(F)C(F)(F)C(F)(F)C(F)(F)C(F)(F)C(F)(F)C(F)(F)C(F)(F)C(F)(F)F. The fourth-order valence-corrected chi connectivity index (χ4v) is 4.49. The quantitative estimate of drug-likeness (QED) is 0.0473. The minimum Gasteiger partial charge on any atom is -0.394 e. The minimum absolute atomic E-state index is 0.0300. The standard InChI is InChI=1S/C34H45F25O11/c35-23(36,1-3-61-5-7-63-9-11-65-13-15-67-17-19-69-21-22-70-20-18-68-16-14-66-12-10-64-8-6-62-4-2-60)24(37,38)25(39,40)26(41,42)27(43,44)28(45,46)29(47,48)30(49,50)31(51,52)32(53,54)33(55,56)34(57,58)59/h60H,1-22H2. The van der Waals surface area contributed by atoms with E-state index in [1.165, 1.54) is 0 Å². The van der Waals surface area contributed by atoms with Gasteiger partial charge >= 0.3 is 71.3 Å². The third-order valence-electron chi connectivity index (χ3n) is 8.51. The maximum atomic E-state index is 14.1. The molecule has 0 atom stereocenters. The second-order valence-electron chi connectivity index (χ2n) is 13.5. The van der Waals surface area contributed by atoms with Gasteiger partial charge in [0.15, 0.2) is 0 Å². The Balaban J connectivity index is 4.71. The predicted octanol–water partition coefficient (Wildman–Crippen LogP) is 8.09. The first-order chi connectivity index (χ1) is 31.8. The molecule has 0 aromatic carbocycles. The van der Waals surface area contributed by atoms with Crippen LogP contribution in [-0.2, 0) is 47.4 Å². The van der Waals surface area contributed by atoms with E-state index in [0.717, 1.165) is 0 Å². The molecule has 1 N–H and O–H groups in total. The molecule has 0 aliphatic heterocycles. The van der Waals surface area contributed by atoms with Crippen LogP contribution in [0, 0.1) is 0 Å². The molecule has 422 valence electrons. The molecule has 70 heavy (non-hydrogen) atoms. The Labute approximate surface area is 379 Å². The maximum absolute atomic E-state index is 14.1. The van der Waals surface area contributed by atoms with E-state index in [1.54, 1.807) is 0 Å². The van der Waals surface area contributed by atoms with Crippen LogP contribution in [-0.4, -0.2) is 215 Å². The Hall–Kier alpha value is -2.19. The molecule has 0 bridgehead atoms. The number of aliphatic hydroxyl groups is 1. The van der Waals surface area contributed by atoms with Crippen LogP contribution in [0.4, 0.5) is 110 Å². The van der Waals surface area contributed by atoms with Crippen LogP contribution in [0.1, 0.15) is 6.42 Å². The van der Waals surface area contributed by atoms with Crippen LogP contribution in [0.3, 0.4) is 0 Å². The van der Waals surface area contributed by atoms with Crippen LogP contribution >= 0.6 is 0 Å². The first-order valence-electron chi connectivity index (χ1n) is 19.4. The van der Waals surface area contributed by atoms with Crippen molar-refractivity contribution in [1.29, 1.82) is 0 Å². The van der Waals surface area contributed by atoms with Crippen LogP contribution in [0.25, 0.3) is 0 Å². The molecule has 0 unspecified atom stereocenters. The first-order valence-corrected chi connectivity index (χ1v) is 19.4. The highest BCUT2D eigenvalue weighted by Gasteiger charge is 2.99. The highest BCUT2D eigenvalue weighted by atomic mass is 19.4. The van der Waals surface area contributed by atoms with E-state index in [9.17, 15) is 110 Å². The normalized spacial score (nSPS) is 14.8. The monoisotopic (exact) mass is 1100 g/mol. The molecule has 0 amide bonds. The molecule has 0 aliphatic rings. The first kappa shape index (κ1) is 67.8. The molecule has 0 aliphatic carbocycles. The summed E-state index contributed by atoms with van der Waals surface area (Å²) in [5.74, 6) is -98.7.